The number of ether oxygens (including phenoxy) is 1. The third-order valence-electron chi connectivity index (χ3n) is 3.91. The number of nitrogens with two attached hydrogens (primary N) is 1. The standard InChI is InChI=1S/C17H16BrF3N4O2/c18-12-7-5-11(6-8-12)15-25(24(9-10-27-15)23-16(22)26)14-4-2-1-3-13(14)17(19,20)21/h1-8,15H,9-10H2,(H3,22,23,26). The molecule has 1 saturated heterocycles. The number of carbonyl (C=O) groups excluding carboxylic acids is 1. The van der Waals surface area contributed by atoms with Crippen LogP contribution in [-0.2, 0) is 10.9 Å². The zero-order valence-corrected chi connectivity index (χ0v) is 15.5. The number of urea groups is 1. The molecule has 0 aromatic heterocycles. The first-order chi connectivity index (χ1) is 12.8. The number of anilines is 1. The molecule has 1 aliphatic rings. The van der Waals surface area contributed by atoms with Crippen molar-refractivity contribution in [1.29, 1.82) is 0 Å². The van der Waals surface area contributed by atoms with E-state index in [4.69, 9.17) is 10.5 Å². The van der Waals surface area contributed by atoms with Gasteiger partial charge in [-0.1, -0.05) is 40.2 Å². The van der Waals surface area contributed by atoms with Crippen LogP contribution in [0, 0.1) is 0 Å². The molecular formula is C17H16BrF3N4O2. The summed E-state index contributed by atoms with van der Waals surface area (Å²) in [6, 6.07) is 11.2. The molecule has 1 aliphatic heterocycles. The van der Waals surface area contributed by atoms with Gasteiger partial charge in [-0.3, -0.25) is 10.4 Å². The van der Waals surface area contributed by atoms with Gasteiger partial charge in [-0.05, 0) is 24.3 Å². The molecule has 1 heterocycles. The fraction of sp³-hybridized carbons (Fsp3) is 0.235. The van der Waals surface area contributed by atoms with Gasteiger partial charge in [0.1, 0.15) is 0 Å². The molecule has 0 aliphatic carbocycles. The number of halogens is 4. The highest BCUT2D eigenvalue weighted by Crippen LogP contribution is 2.41. The van der Waals surface area contributed by atoms with Gasteiger partial charge in [-0.2, -0.15) is 13.2 Å². The van der Waals surface area contributed by atoms with Crippen molar-refractivity contribution in [3.63, 3.8) is 0 Å². The summed E-state index contributed by atoms with van der Waals surface area (Å²) in [7, 11) is 0. The average Bonchev–Trinajstić information content (AvgIpc) is 2.61. The number of nitrogens with zero attached hydrogens (tertiary/aromatic N) is 2. The highest BCUT2D eigenvalue weighted by Gasteiger charge is 2.40. The second-order valence-corrected chi connectivity index (χ2v) is 6.65. The van der Waals surface area contributed by atoms with E-state index in [1.54, 1.807) is 24.3 Å². The van der Waals surface area contributed by atoms with E-state index in [1.165, 1.54) is 28.3 Å². The summed E-state index contributed by atoms with van der Waals surface area (Å²) in [6.07, 6.45) is -5.47. The molecular weight excluding hydrogens is 429 g/mol. The molecule has 1 atom stereocenters. The maximum absolute atomic E-state index is 13.6. The van der Waals surface area contributed by atoms with Crippen LogP contribution in [0.25, 0.3) is 0 Å². The Kier molecular flexibility index (Phi) is 5.59. The normalized spacial score (nSPS) is 18.4. The zero-order chi connectivity index (χ0) is 19.6. The quantitative estimate of drug-likeness (QED) is 0.754. The van der Waals surface area contributed by atoms with Crippen molar-refractivity contribution >= 4 is 27.6 Å². The van der Waals surface area contributed by atoms with Crippen molar-refractivity contribution in [2.24, 2.45) is 5.73 Å². The number of amides is 2. The lowest BCUT2D eigenvalue weighted by atomic mass is 10.1. The van der Waals surface area contributed by atoms with E-state index in [0.717, 1.165) is 10.5 Å². The van der Waals surface area contributed by atoms with E-state index in [-0.39, 0.29) is 18.8 Å². The Balaban J connectivity index is 2.11. The molecule has 6 nitrogen and oxygen atoms in total. The first kappa shape index (κ1) is 19.5. The van der Waals surface area contributed by atoms with Crippen LogP contribution in [0.3, 0.4) is 0 Å². The van der Waals surface area contributed by atoms with Crippen LogP contribution in [0.5, 0.6) is 0 Å². The molecule has 2 aromatic rings. The minimum Gasteiger partial charge on any atom is -0.351 e. The van der Waals surface area contributed by atoms with Gasteiger partial charge in [-0.25, -0.2) is 4.79 Å². The maximum atomic E-state index is 13.6. The molecule has 0 saturated carbocycles. The van der Waals surface area contributed by atoms with Gasteiger partial charge in [0, 0.05) is 10.0 Å². The lowest BCUT2D eigenvalue weighted by molar-refractivity contribution is -0.138. The largest absolute Gasteiger partial charge is 0.418 e. The van der Waals surface area contributed by atoms with Gasteiger partial charge < -0.3 is 10.5 Å². The summed E-state index contributed by atoms with van der Waals surface area (Å²) in [5.41, 5.74) is 7.17. The van der Waals surface area contributed by atoms with Crippen LogP contribution in [0.15, 0.2) is 53.0 Å². The SMILES string of the molecule is NC(=O)NN1CCOC(c2ccc(Br)cc2)N1c1ccccc1C(F)(F)F. The lowest BCUT2D eigenvalue weighted by Gasteiger charge is -2.45. The van der Waals surface area contributed by atoms with Gasteiger partial charge in [-0.15, -0.1) is 5.12 Å². The number of hydrazine groups is 2. The van der Waals surface area contributed by atoms with Gasteiger partial charge in [0.2, 0.25) is 0 Å². The Morgan fingerprint density at radius 2 is 1.85 bits per heavy atom. The molecule has 3 N–H and O–H groups in total. The average molecular weight is 445 g/mol. The molecule has 144 valence electrons. The lowest BCUT2D eigenvalue weighted by Crippen LogP contribution is -2.60. The molecule has 0 spiro atoms. The number of hydrogen-bond acceptors (Lipinski definition) is 4. The molecule has 0 bridgehead atoms. The number of primary amides is 1. The molecule has 27 heavy (non-hydrogen) atoms. The third-order valence-corrected chi connectivity index (χ3v) is 4.44. The minimum atomic E-state index is -4.59. The summed E-state index contributed by atoms with van der Waals surface area (Å²) in [5, 5.41) is 2.49. The molecule has 3 rings (SSSR count). The number of nitrogens with one attached hydrogen (secondary N) is 1. The summed E-state index contributed by atoms with van der Waals surface area (Å²) in [5.74, 6) is 0. The highest BCUT2D eigenvalue weighted by molar-refractivity contribution is 9.10. The second-order valence-electron chi connectivity index (χ2n) is 5.73. The van der Waals surface area contributed by atoms with Crippen molar-refractivity contribution in [2.45, 2.75) is 12.4 Å². The van der Waals surface area contributed by atoms with E-state index in [9.17, 15) is 18.0 Å². The fourth-order valence-corrected chi connectivity index (χ4v) is 3.09. The first-order valence-corrected chi connectivity index (χ1v) is 8.73. The van der Waals surface area contributed by atoms with Gasteiger partial charge >= 0.3 is 12.2 Å². The number of hydrogen-bond donors (Lipinski definition) is 2. The van der Waals surface area contributed by atoms with Crippen LogP contribution in [0.4, 0.5) is 23.7 Å². The van der Waals surface area contributed by atoms with Crippen molar-refractivity contribution in [1.82, 2.24) is 10.5 Å². The zero-order valence-electron chi connectivity index (χ0n) is 13.9. The number of carbonyl (C=O) groups is 1. The van der Waals surface area contributed by atoms with E-state index in [2.05, 4.69) is 21.4 Å². The van der Waals surface area contributed by atoms with Crippen molar-refractivity contribution in [3.8, 4) is 0 Å². The summed E-state index contributed by atoms with van der Waals surface area (Å²) in [4.78, 5) is 11.4. The Hall–Kier alpha value is -2.30. The Bertz CT molecular complexity index is 817. The molecule has 10 heteroatoms. The second kappa shape index (κ2) is 7.75. The van der Waals surface area contributed by atoms with Crippen molar-refractivity contribution in [3.05, 3.63) is 64.1 Å². The molecule has 2 amide bonds. The Morgan fingerprint density at radius 1 is 1.19 bits per heavy atom. The van der Waals surface area contributed by atoms with Crippen LogP contribution in [0.1, 0.15) is 17.4 Å². The number of rotatable bonds is 3. The van der Waals surface area contributed by atoms with Crippen molar-refractivity contribution < 1.29 is 22.7 Å². The molecule has 0 radical (unpaired) electrons. The maximum Gasteiger partial charge on any atom is 0.418 e. The summed E-state index contributed by atoms with van der Waals surface area (Å²) in [6.45, 7) is 0.313. The monoisotopic (exact) mass is 444 g/mol. The predicted molar refractivity (Wildman–Crippen MR) is 96.2 cm³/mol. The van der Waals surface area contributed by atoms with Crippen LogP contribution >= 0.6 is 15.9 Å². The van der Waals surface area contributed by atoms with E-state index < -0.39 is 24.0 Å². The Labute approximate surface area is 161 Å². The van der Waals surface area contributed by atoms with Gasteiger partial charge in [0.25, 0.3) is 0 Å². The number of para-hydroxylation sites is 1. The first-order valence-electron chi connectivity index (χ1n) is 7.93. The topological polar surface area (TPSA) is 70.8 Å². The van der Waals surface area contributed by atoms with E-state index >= 15 is 0 Å². The van der Waals surface area contributed by atoms with E-state index in [1.807, 2.05) is 0 Å². The number of alkyl halides is 3. The molecule has 1 unspecified atom stereocenters. The highest BCUT2D eigenvalue weighted by atomic mass is 79.9. The minimum absolute atomic E-state index is 0.127. The Morgan fingerprint density at radius 3 is 2.48 bits per heavy atom. The summed E-state index contributed by atoms with van der Waals surface area (Å²) < 4.78 is 47.3. The fourth-order valence-electron chi connectivity index (χ4n) is 2.83. The third kappa shape index (κ3) is 4.34. The summed E-state index contributed by atoms with van der Waals surface area (Å²) >= 11 is 3.32. The molecule has 1 fully saturated rings. The number of benzene rings is 2. The van der Waals surface area contributed by atoms with E-state index in [0.29, 0.717) is 5.56 Å². The van der Waals surface area contributed by atoms with Crippen LogP contribution in [0.2, 0.25) is 0 Å². The van der Waals surface area contributed by atoms with Crippen LogP contribution < -0.4 is 16.2 Å². The molecule has 2 aromatic carbocycles. The van der Waals surface area contributed by atoms with Gasteiger partial charge in [0.05, 0.1) is 24.4 Å². The van der Waals surface area contributed by atoms with Gasteiger partial charge in [0.15, 0.2) is 6.23 Å². The van der Waals surface area contributed by atoms with Crippen molar-refractivity contribution in [2.75, 3.05) is 18.2 Å². The van der Waals surface area contributed by atoms with Crippen LogP contribution in [-0.4, -0.2) is 24.3 Å². The smallest absolute Gasteiger partial charge is 0.351 e. The predicted octanol–water partition coefficient (Wildman–Crippen LogP) is 3.80.